The van der Waals surface area contributed by atoms with Gasteiger partial charge in [0.1, 0.15) is 0 Å². The normalized spacial score (nSPS) is 13.5. The summed E-state index contributed by atoms with van der Waals surface area (Å²) < 4.78 is 0. The van der Waals surface area contributed by atoms with Crippen molar-refractivity contribution in [2.45, 2.75) is 120 Å². The van der Waals surface area contributed by atoms with Gasteiger partial charge in [-0.1, -0.05) is 69.9 Å². The summed E-state index contributed by atoms with van der Waals surface area (Å²) in [6, 6.07) is 0. The maximum absolute atomic E-state index is 2.43. The molecule has 0 heteroatoms. The van der Waals surface area contributed by atoms with E-state index in [1.807, 2.05) is 0 Å². The first kappa shape index (κ1) is 28.4. The van der Waals surface area contributed by atoms with Crippen molar-refractivity contribution in [1.29, 1.82) is 0 Å². The van der Waals surface area contributed by atoms with Gasteiger partial charge in [-0.3, -0.25) is 0 Å². The molecule has 0 nitrogen and oxygen atoms in total. The zero-order valence-electron chi connectivity index (χ0n) is 21.5. The number of hydrogen-bond donors (Lipinski definition) is 0. The van der Waals surface area contributed by atoms with Crippen molar-refractivity contribution in [2.24, 2.45) is 0 Å². The maximum atomic E-state index is 2.43. The number of allylic oxidation sites excluding steroid dienone is 12. The van der Waals surface area contributed by atoms with Gasteiger partial charge in [-0.15, -0.1) is 0 Å². The van der Waals surface area contributed by atoms with Crippen LogP contribution >= 0.6 is 0 Å². The van der Waals surface area contributed by atoms with E-state index in [1.54, 1.807) is 0 Å². The van der Waals surface area contributed by atoms with Crippen molar-refractivity contribution >= 4 is 0 Å². The second-order valence-corrected chi connectivity index (χ2v) is 9.50. The highest BCUT2D eigenvalue weighted by molar-refractivity contribution is 5.08. The molecule has 0 amide bonds. The van der Waals surface area contributed by atoms with E-state index < -0.39 is 0 Å². The lowest BCUT2D eigenvalue weighted by atomic mass is 10.0. The monoisotopic (exact) mass is 410 g/mol. The van der Waals surface area contributed by atoms with Gasteiger partial charge in [0.25, 0.3) is 0 Å². The molecule has 0 atom stereocenters. The standard InChI is InChI=1S/C30H50/c1-25(2)15-11-19-29(7)23-13-21-27(5)17-9-10-18-28(6)22-14-24-30(8)20-12-16-26(3)4/h15-18,23-24H,9-14,19-22H2,1-8H3/b27-17+,28-18+,29-23-,30-24+. The van der Waals surface area contributed by atoms with Crippen LogP contribution in [0.15, 0.2) is 69.9 Å². The number of rotatable bonds is 15. The van der Waals surface area contributed by atoms with E-state index in [0.717, 1.165) is 0 Å². The molecule has 0 saturated carbocycles. The molecular weight excluding hydrogens is 360 g/mol. The van der Waals surface area contributed by atoms with Gasteiger partial charge in [0.2, 0.25) is 0 Å². The van der Waals surface area contributed by atoms with E-state index in [1.165, 1.54) is 97.6 Å². The van der Waals surface area contributed by atoms with Gasteiger partial charge in [-0.25, -0.2) is 0 Å². The van der Waals surface area contributed by atoms with Crippen LogP contribution in [0.5, 0.6) is 0 Å². The average molecular weight is 411 g/mol. The molecule has 0 aliphatic heterocycles. The highest BCUT2D eigenvalue weighted by Crippen LogP contribution is 2.14. The fourth-order valence-corrected chi connectivity index (χ4v) is 3.34. The molecule has 0 rings (SSSR count). The third-order valence-electron chi connectivity index (χ3n) is 5.40. The molecule has 0 aliphatic carbocycles. The highest BCUT2D eigenvalue weighted by Gasteiger charge is 1.94. The summed E-state index contributed by atoms with van der Waals surface area (Å²) in [4.78, 5) is 0. The molecule has 0 saturated heterocycles. The Morgan fingerprint density at radius 1 is 0.333 bits per heavy atom. The molecule has 0 bridgehead atoms. The average Bonchev–Trinajstić information content (AvgIpc) is 2.64. The molecule has 0 radical (unpaired) electrons. The van der Waals surface area contributed by atoms with E-state index in [0.29, 0.717) is 0 Å². The van der Waals surface area contributed by atoms with Crippen molar-refractivity contribution in [3.63, 3.8) is 0 Å². The van der Waals surface area contributed by atoms with Crippen LogP contribution in [-0.4, -0.2) is 0 Å². The Labute approximate surface area is 189 Å². The third-order valence-corrected chi connectivity index (χ3v) is 5.40. The molecule has 0 unspecified atom stereocenters. The van der Waals surface area contributed by atoms with Crippen molar-refractivity contribution in [3.05, 3.63) is 69.9 Å². The quantitative estimate of drug-likeness (QED) is 0.186. The van der Waals surface area contributed by atoms with Crippen LogP contribution in [0, 0.1) is 0 Å². The Bertz CT molecular complexity index is 578. The molecule has 0 aliphatic rings. The highest BCUT2D eigenvalue weighted by atomic mass is 14.0. The second-order valence-electron chi connectivity index (χ2n) is 9.50. The van der Waals surface area contributed by atoms with Gasteiger partial charge in [-0.05, 0) is 120 Å². The van der Waals surface area contributed by atoms with Crippen LogP contribution in [0.25, 0.3) is 0 Å². The SMILES string of the molecule is CC(C)=CCC/C(C)=C\CC/C(C)=C/CC/C=C(\C)CC/C=C(\C)CCC=C(C)C. The van der Waals surface area contributed by atoms with E-state index in [4.69, 9.17) is 0 Å². The Hall–Kier alpha value is -1.56. The first-order valence-electron chi connectivity index (χ1n) is 12.1. The van der Waals surface area contributed by atoms with E-state index in [-0.39, 0.29) is 0 Å². The van der Waals surface area contributed by atoms with Crippen molar-refractivity contribution in [2.75, 3.05) is 0 Å². The van der Waals surface area contributed by atoms with Gasteiger partial charge in [0.15, 0.2) is 0 Å². The Morgan fingerprint density at radius 3 is 0.833 bits per heavy atom. The van der Waals surface area contributed by atoms with Crippen LogP contribution in [0.3, 0.4) is 0 Å². The predicted octanol–water partition coefficient (Wildman–Crippen LogP) is 10.6. The summed E-state index contributed by atoms with van der Waals surface area (Å²) in [6.07, 6.45) is 26.2. The first-order valence-corrected chi connectivity index (χ1v) is 12.1. The summed E-state index contributed by atoms with van der Waals surface area (Å²) in [5, 5.41) is 0. The lowest BCUT2D eigenvalue weighted by Gasteiger charge is -2.02. The van der Waals surface area contributed by atoms with Crippen molar-refractivity contribution < 1.29 is 0 Å². The van der Waals surface area contributed by atoms with Crippen LogP contribution in [0.4, 0.5) is 0 Å². The minimum absolute atomic E-state index is 1.17. The Morgan fingerprint density at radius 2 is 0.567 bits per heavy atom. The molecule has 30 heavy (non-hydrogen) atoms. The minimum atomic E-state index is 1.17. The minimum Gasteiger partial charge on any atom is -0.0856 e. The largest absolute Gasteiger partial charge is 0.0856 e. The van der Waals surface area contributed by atoms with Gasteiger partial charge in [0.05, 0.1) is 0 Å². The molecule has 0 aromatic heterocycles. The van der Waals surface area contributed by atoms with E-state index >= 15 is 0 Å². The maximum Gasteiger partial charge on any atom is -0.0288 e. The third kappa shape index (κ3) is 19.7. The predicted molar refractivity (Wildman–Crippen MR) is 140 cm³/mol. The smallest absolute Gasteiger partial charge is 0.0288 e. The van der Waals surface area contributed by atoms with Crippen molar-refractivity contribution in [3.8, 4) is 0 Å². The zero-order chi connectivity index (χ0) is 22.8. The molecular formula is C30H50. The van der Waals surface area contributed by atoms with Crippen LogP contribution < -0.4 is 0 Å². The fourth-order valence-electron chi connectivity index (χ4n) is 3.34. The molecule has 0 heterocycles. The molecule has 0 N–H and O–H groups in total. The molecule has 0 spiro atoms. The van der Waals surface area contributed by atoms with E-state index in [2.05, 4.69) is 91.8 Å². The lowest BCUT2D eigenvalue weighted by molar-refractivity contribution is 0.896. The van der Waals surface area contributed by atoms with Crippen molar-refractivity contribution in [1.82, 2.24) is 0 Å². The van der Waals surface area contributed by atoms with Gasteiger partial charge in [0, 0.05) is 0 Å². The molecule has 170 valence electrons. The summed E-state index contributed by atoms with van der Waals surface area (Å²) in [5.74, 6) is 0. The van der Waals surface area contributed by atoms with E-state index in [9.17, 15) is 0 Å². The summed E-state index contributed by atoms with van der Waals surface area (Å²) in [7, 11) is 0. The Balaban J connectivity index is 4.05. The zero-order valence-corrected chi connectivity index (χ0v) is 21.5. The topological polar surface area (TPSA) is 0 Å². The van der Waals surface area contributed by atoms with Crippen LogP contribution in [0.2, 0.25) is 0 Å². The number of unbranched alkanes of at least 4 members (excludes halogenated alkanes) is 1. The molecule has 0 aromatic rings. The summed E-state index contributed by atoms with van der Waals surface area (Å²) >= 11 is 0. The summed E-state index contributed by atoms with van der Waals surface area (Å²) in [5.41, 5.74) is 8.97. The number of hydrogen-bond acceptors (Lipinski definition) is 0. The van der Waals surface area contributed by atoms with Gasteiger partial charge in [-0.2, -0.15) is 0 Å². The summed E-state index contributed by atoms with van der Waals surface area (Å²) in [6.45, 7) is 17.8. The van der Waals surface area contributed by atoms with Gasteiger partial charge >= 0.3 is 0 Å². The Kier molecular flexibility index (Phi) is 17.3. The first-order chi connectivity index (χ1) is 14.2. The molecule has 0 fully saturated rings. The lowest BCUT2D eigenvalue weighted by Crippen LogP contribution is -1.82. The fraction of sp³-hybridized carbons (Fsp3) is 0.600. The second kappa shape index (κ2) is 18.2. The van der Waals surface area contributed by atoms with Crippen LogP contribution in [-0.2, 0) is 0 Å². The van der Waals surface area contributed by atoms with Gasteiger partial charge < -0.3 is 0 Å². The molecule has 0 aromatic carbocycles. The van der Waals surface area contributed by atoms with Crippen LogP contribution in [0.1, 0.15) is 120 Å².